The number of halogens is 2. The normalized spacial score (nSPS) is 15.6. The van der Waals surface area contributed by atoms with E-state index >= 15 is 0 Å². The van der Waals surface area contributed by atoms with Gasteiger partial charge in [0.2, 0.25) is 5.91 Å². The molecule has 8 heteroatoms. The van der Waals surface area contributed by atoms with E-state index in [1.807, 2.05) is 30.3 Å². The van der Waals surface area contributed by atoms with Gasteiger partial charge in [0.05, 0.1) is 16.3 Å². The predicted octanol–water partition coefficient (Wildman–Crippen LogP) is 3.73. The van der Waals surface area contributed by atoms with Crippen molar-refractivity contribution in [3.05, 3.63) is 86.6 Å². The van der Waals surface area contributed by atoms with Crippen molar-refractivity contribution in [3.63, 3.8) is 0 Å². The molecule has 0 spiro atoms. The fourth-order valence-electron chi connectivity index (χ4n) is 3.78. The fourth-order valence-corrected chi connectivity index (χ4v) is 4.14. The van der Waals surface area contributed by atoms with Gasteiger partial charge in [-0.15, -0.1) is 0 Å². The lowest BCUT2D eigenvalue weighted by atomic mass is 9.84. The Kier molecular flexibility index (Phi) is 6.14. The summed E-state index contributed by atoms with van der Waals surface area (Å²) in [4.78, 5) is 26.7. The monoisotopic (exact) mass is 457 g/mol. The van der Waals surface area contributed by atoms with Crippen LogP contribution in [0.2, 0.25) is 10.0 Å². The molecule has 1 aliphatic heterocycles. The fraction of sp³-hybridized carbons (Fsp3) is 0.261. The second kappa shape index (κ2) is 8.83. The second-order valence-corrected chi connectivity index (χ2v) is 8.46. The van der Waals surface area contributed by atoms with E-state index < -0.39 is 5.60 Å². The number of rotatable bonds is 4. The van der Waals surface area contributed by atoms with Gasteiger partial charge in [-0.3, -0.25) is 9.59 Å². The zero-order chi connectivity index (χ0) is 22.0. The maximum atomic E-state index is 12.8. The highest BCUT2D eigenvalue weighted by Gasteiger charge is 2.35. The quantitative estimate of drug-likeness (QED) is 0.647. The van der Waals surface area contributed by atoms with E-state index in [9.17, 15) is 14.7 Å². The lowest BCUT2D eigenvalue weighted by molar-refractivity contribution is -0.136. The Bertz CT molecular complexity index is 1150. The largest absolute Gasteiger partial charge is 0.385 e. The Morgan fingerprint density at radius 1 is 1.00 bits per heavy atom. The van der Waals surface area contributed by atoms with Crippen LogP contribution in [0.4, 0.5) is 0 Å². The van der Waals surface area contributed by atoms with Gasteiger partial charge in [0.1, 0.15) is 6.54 Å². The number of hydrogen-bond acceptors (Lipinski definition) is 4. The Morgan fingerprint density at radius 3 is 2.35 bits per heavy atom. The lowest BCUT2D eigenvalue weighted by Gasteiger charge is -2.38. The van der Waals surface area contributed by atoms with Crippen molar-refractivity contribution in [2.24, 2.45) is 0 Å². The van der Waals surface area contributed by atoms with Crippen LogP contribution in [-0.4, -0.2) is 38.8 Å². The molecule has 4 rings (SSSR count). The van der Waals surface area contributed by atoms with E-state index in [2.05, 4.69) is 5.10 Å². The van der Waals surface area contributed by atoms with E-state index in [0.717, 1.165) is 10.2 Å². The predicted molar refractivity (Wildman–Crippen MR) is 120 cm³/mol. The maximum absolute atomic E-state index is 12.8. The van der Waals surface area contributed by atoms with Crippen LogP contribution in [0.1, 0.15) is 18.4 Å². The molecule has 2 aromatic carbocycles. The molecule has 1 amide bonds. The minimum absolute atomic E-state index is 0.170. The first-order valence-electron chi connectivity index (χ1n) is 9.95. The molecule has 3 aromatic rings. The number of piperidine rings is 1. The Hall–Kier alpha value is -2.67. The van der Waals surface area contributed by atoms with Crippen LogP contribution in [0, 0.1) is 0 Å². The molecule has 0 saturated carbocycles. The van der Waals surface area contributed by atoms with Crippen molar-refractivity contribution in [3.8, 4) is 11.3 Å². The minimum Gasteiger partial charge on any atom is -0.385 e. The van der Waals surface area contributed by atoms with Crippen molar-refractivity contribution >= 4 is 29.1 Å². The van der Waals surface area contributed by atoms with Gasteiger partial charge in [-0.2, -0.15) is 5.10 Å². The first-order valence-corrected chi connectivity index (χ1v) is 10.7. The highest BCUT2D eigenvalue weighted by molar-refractivity contribution is 6.33. The van der Waals surface area contributed by atoms with E-state index in [0.29, 0.717) is 47.2 Å². The zero-order valence-electron chi connectivity index (χ0n) is 16.7. The van der Waals surface area contributed by atoms with Gasteiger partial charge in [0, 0.05) is 29.7 Å². The third-order valence-corrected chi connectivity index (χ3v) is 6.21. The minimum atomic E-state index is -1.000. The number of likely N-dealkylation sites (tertiary alicyclic amines) is 1. The summed E-state index contributed by atoms with van der Waals surface area (Å²) in [7, 11) is 0. The Balaban J connectivity index is 1.46. The molecule has 0 unspecified atom stereocenters. The highest BCUT2D eigenvalue weighted by atomic mass is 35.5. The smallest absolute Gasteiger partial charge is 0.267 e. The van der Waals surface area contributed by atoms with Gasteiger partial charge in [-0.1, -0.05) is 53.5 Å². The van der Waals surface area contributed by atoms with Crippen LogP contribution in [-0.2, 0) is 16.9 Å². The van der Waals surface area contributed by atoms with E-state index in [-0.39, 0.29) is 18.0 Å². The molecule has 0 atom stereocenters. The summed E-state index contributed by atoms with van der Waals surface area (Å²) in [5.74, 6) is -0.218. The standard InChI is InChI=1S/C23H21Cl2N3O3/c24-17-7-5-16(6-8-17)23(31)11-13-27(14-12-23)22(30)15-28-21(29)10-9-20(26-28)18-3-1-2-4-19(18)25/h1-10,31H,11-15H2. The van der Waals surface area contributed by atoms with Crippen molar-refractivity contribution in [1.82, 2.24) is 14.7 Å². The topological polar surface area (TPSA) is 75.4 Å². The summed E-state index contributed by atoms with van der Waals surface area (Å²) >= 11 is 12.2. The molecule has 1 saturated heterocycles. The number of carbonyl (C=O) groups is 1. The molecule has 0 bridgehead atoms. The molecule has 6 nitrogen and oxygen atoms in total. The van der Waals surface area contributed by atoms with Crippen LogP contribution in [0.15, 0.2) is 65.5 Å². The first-order chi connectivity index (χ1) is 14.9. The highest BCUT2D eigenvalue weighted by Crippen LogP contribution is 2.33. The lowest BCUT2D eigenvalue weighted by Crippen LogP contribution is -2.47. The van der Waals surface area contributed by atoms with Gasteiger partial charge in [-0.25, -0.2) is 4.68 Å². The van der Waals surface area contributed by atoms with E-state index in [1.54, 1.807) is 29.2 Å². The zero-order valence-corrected chi connectivity index (χ0v) is 18.2. The summed E-state index contributed by atoms with van der Waals surface area (Å²) in [6.07, 6.45) is 0.810. The number of nitrogens with zero attached hydrogens (tertiary/aromatic N) is 3. The molecule has 2 heterocycles. The van der Waals surface area contributed by atoms with E-state index in [4.69, 9.17) is 23.2 Å². The SMILES string of the molecule is O=C(Cn1nc(-c2ccccc2Cl)ccc1=O)N1CCC(O)(c2ccc(Cl)cc2)CC1. The number of benzene rings is 2. The molecule has 31 heavy (non-hydrogen) atoms. The molecular formula is C23H21Cl2N3O3. The van der Waals surface area contributed by atoms with E-state index in [1.165, 1.54) is 6.07 Å². The molecule has 1 aromatic heterocycles. The average molecular weight is 458 g/mol. The summed E-state index contributed by atoms with van der Waals surface area (Å²) in [6.45, 7) is 0.602. The second-order valence-electron chi connectivity index (χ2n) is 7.61. The summed E-state index contributed by atoms with van der Waals surface area (Å²) in [6, 6.07) is 17.3. The summed E-state index contributed by atoms with van der Waals surface area (Å²) in [5.41, 5.74) is 0.638. The van der Waals surface area contributed by atoms with Gasteiger partial charge >= 0.3 is 0 Å². The van der Waals surface area contributed by atoms with Crippen LogP contribution in [0.5, 0.6) is 0 Å². The molecule has 1 aliphatic rings. The van der Waals surface area contributed by atoms with Crippen molar-refractivity contribution in [1.29, 1.82) is 0 Å². The third-order valence-electron chi connectivity index (χ3n) is 5.63. The van der Waals surface area contributed by atoms with Crippen molar-refractivity contribution in [2.75, 3.05) is 13.1 Å². The van der Waals surface area contributed by atoms with Crippen molar-refractivity contribution in [2.45, 2.75) is 25.0 Å². The third kappa shape index (κ3) is 4.66. The summed E-state index contributed by atoms with van der Waals surface area (Å²) < 4.78 is 1.15. The maximum Gasteiger partial charge on any atom is 0.267 e. The van der Waals surface area contributed by atoms with Gasteiger partial charge < -0.3 is 10.0 Å². The Morgan fingerprint density at radius 2 is 1.68 bits per heavy atom. The van der Waals surface area contributed by atoms with Crippen LogP contribution in [0.25, 0.3) is 11.3 Å². The van der Waals surface area contributed by atoms with Gasteiger partial charge in [0.15, 0.2) is 0 Å². The first kappa shape index (κ1) is 21.6. The summed E-state index contributed by atoms with van der Waals surface area (Å²) in [5, 5.41) is 16.5. The molecule has 1 fully saturated rings. The molecular weight excluding hydrogens is 437 g/mol. The average Bonchev–Trinajstić information content (AvgIpc) is 2.76. The van der Waals surface area contributed by atoms with Crippen molar-refractivity contribution < 1.29 is 9.90 Å². The number of amides is 1. The molecule has 0 aliphatic carbocycles. The molecule has 160 valence electrons. The number of aromatic nitrogens is 2. The number of aliphatic hydroxyl groups is 1. The van der Waals surface area contributed by atoms with Crippen LogP contribution in [0.3, 0.4) is 0 Å². The van der Waals surface area contributed by atoms with Crippen LogP contribution >= 0.6 is 23.2 Å². The number of hydrogen-bond donors (Lipinski definition) is 1. The van der Waals surface area contributed by atoms with Gasteiger partial charge in [0.25, 0.3) is 5.56 Å². The van der Waals surface area contributed by atoms with Crippen LogP contribution < -0.4 is 5.56 Å². The Labute approximate surface area is 189 Å². The molecule has 0 radical (unpaired) electrons. The molecule has 1 N–H and O–H groups in total. The van der Waals surface area contributed by atoms with Gasteiger partial charge in [-0.05, 0) is 42.7 Å². The number of carbonyl (C=O) groups excluding carboxylic acids is 1.